The lowest BCUT2D eigenvalue weighted by Gasteiger charge is -2.01. The van der Waals surface area contributed by atoms with Gasteiger partial charge in [0.2, 0.25) is 6.41 Å². The van der Waals surface area contributed by atoms with Crippen molar-refractivity contribution >= 4 is 12.7 Å². The van der Waals surface area contributed by atoms with Crippen LogP contribution in [-0.4, -0.2) is 23.8 Å². The Labute approximate surface area is 82.9 Å². The zero-order valence-corrected chi connectivity index (χ0v) is 7.98. The summed E-state index contributed by atoms with van der Waals surface area (Å²) in [6, 6.07) is 1.79. The lowest BCUT2D eigenvalue weighted by atomic mass is 10.3. The van der Waals surface area contributed by atoms with Gasteiger partial charge in [-0.25, -0.2) is 0 Å². The van der Waals surface area contributed by atoms with Gasteiger partial charge in [0, 0.05) is 31.0 Å². The lowest BCUT2D eigenvalue weighted by molar-refractivity contribution is -0.109. The third-order valence-corrected chi connectivity index (χ3v) is 1.98. The first kappa shape index (κ1) is 10.5. The Kier molecular flexibility index (Phi) is 4.47. The molecular weight excluding hydrogens is 180 g/mol. The van der Waals surface area contributed by atoms with Crippen LogP contribution in [-0.2, 0) is 11.3 Å². The molecule has 0 atom stereocenters. The first-order valence-corrected chi connectivity index (χ1v) is 4.65. The normalized spacial score (nSPS) is 9.71. The van der Waals surface area contributed by atoms with Crippen LogP contribution in [0.2, 0.25) is 0 Å². The summed E-state index contributed by atoms with van der Waals surface area (Å²) in [6.45, 7) is 1.60. The molecule has 0 saturated carbocycles. The van der Waals surface area contributed by atoms with Gasteiger partial charge in [-0.05, 0) is 18.9 Å². The van der Waals surface area contributed by atoms with E-state index < -0.39 is 0 Å². The van der Waals surface area contributed by atoms with Crippen molar-refractivity contribution in [2.24, 2.45) is 0 Å². The number of hydrogen-bond donors (Lipinski definition) is 1. The van der Waals surface area contributed by atoms with Crippen LogP contribution in [0.15, 0.2) is 18.5 Å². The highest BCUT2D eigenvalue weighted by molar-refractivity contribution is 5.74. The van der Waals surface area contributed by atoms with Crippen molar-refractivity contribution in [3.63, 3.8) is 0 Å². The van der Waals surface area contributed by atoms with E-state index in [1.165, 1.54) is 0 Å². The number of aromatic nitrogens is 1. The highest BCUT2D eigenvalue weighted by atomic mass is 16.1. The van der Waals surface area contributed by atoms with E-state index >= 15 is 0 Å². The molecule has 1 aromatic rings. The first-order valence-electron chi connectivity index (χ1n) is 4.65. The van der Waals surface area contributed by atoms with Crippen molar-refractivity contribution in [1.29, 1.82) is 0 Å². The summed E-state index contributed by atoms with van der Waals surface area (Å²) >= 11 is 0. The second-order valence-corrected chi connectivity index (χ2v) is 3.08. The van der Waals surface area contributed by atoms with E-state index in [2.05, 4.69) is 5.32 Å². The van der Waals surface area contributed by atoms with Crippen LogP contribution >= 0.6 is 0 Å². The van der Waals surface area contributed by atoms with E-state index in [1.54, 1.807) is 6.07 Å². The average molecular weight is 194 g/mol. The van der Waals surface area contributed by atoms with Gasteiger partial charge < -0.3 is 9.88 Å². The van der Waals surface area contributed by atoms with E-state index in [1.807, 2.05) is 17.0 Å². The molecule has 14 heavy (non-hydrogen) atoms. The van der Waals surface area contributed by atoms with E-state index in [4.69, 9.17) is 0 Å². The topological polar surface area (TPSA) is 51.1 Å². The van der Waals surface area contributed by atoms with Gasteiger partial charge >= 0.3 is 0 Å². The predicted molar refractivity (Wildman–Crippen MR) is 53.1 cm³/mol. The summed E-state index contributed by atoms with van der Waals surface area (Å²) in [6.07, 6.45) is 7.20. The van der Waals surface area contributed by atoms with Gasteiger partial charge in [-0.3, -0.25) is 9.59 Å². The fourth-order valence-electron chi connectivity index (χ4n) is 1.25. The summed E-state index contributed by atoms with van der Waals surface area (Å²) in [4.78, 5) is 20.3. The van der Waals surface area contributed by atoms with Gasteiger partial charge in [-0.2, -0.15) is 0 Å². The minimum absolute atomic E-state index is 0.705. The summed E-state index contributed by atoms with van der Waals surface area (Å²) in [5.74, 6) is 0. The van der Waals surface area contributed by atoms with Crippen molar-refractivity contribution in [1.82, 2.24) is 9.88 Å². The number of aryl methyl sites for hydroxylation is 1. The molecule has 0 unspecified atom stereocenters. The van der Waals surface area contributed by atoms with Crippen LogP contribution < -0.4 is 5.32 Å². The number of unbranched alkanes of at least 4 members (excludes halogenated alkanes) is 1. The quantitative estimate of drug-likeness (QED) is 0.516. The molecule has 0 spiro atoms. The average Bonchev–Trinajstić information content (AvgIpc) is 2.65. The van der Waals surface area contributed by atoms with Crippen LogP contribution in [0.4, 0.5) is 0 Å². The third kappa shape index (κ3) is 3.43. The molecule has 0 bridgehead atoms. The van der Waals surface area contributed by atoms with E-state index in [0.29, 0.717) is 18.5 Å². The number of aldehydes is 1. The van der Waals surface area contributed by atoms with Crippen LogP contribution in [0.25, 0.3) is 0 Å². The molecule has 0 fully saturated rings. The lowest BCUT2D eigenvalue weighted by Crippen LogP contribution is -2.12. The Bertz CT molecular complexity index is 294. The number of hydrogen-bond acceptors (Lipinski definition) is 2. The highest BCUT2D eigenvalue weighted by Gasteiger charge is 1.94. The Morgan fingerprint density at radius 3 is 2.86 bits per heavy atom. The molecule has 76 valence electrons. The molecule has 4 nitrogen and oxygen atoms in total. The maximum Gasteiger partial charge on any atom is 0.207 e. The highest BCUT2D eigenvalue weighted by Crippen LogP contribution is 2.00. The number of carbonyl (C=O) groups is 2. The van der Waals surface area contributed by atoms with Crippen LogP contribution in [0.1, 0.15) is 23.2 Å². The van der Waals surface area contributed by atoms with Gasteiger partial charge in [0.15, 0.2) is 6.29 Å². The predicted octanol–water partition coefficient (Wildman–Crippen LogP) is 0.827. The van der Waals surface area contributed by atoms with Gasteiger partial charge in [-0.15, -0.1) is 0 Å². The first-order chi connectivity index (χ1) is 6.86. The van der Waals surface area contributed by atoms with Crippen molar-refractivity contribution in [3.05, 3.63) is 24.0 Å². The molecule has 4 heteroatoms. The molecule has 0 aliphatic rings. The largest absolute Gasteiger partial charge is 0.359 e. The van der Waals surface area contributed by atoms with Crippen LogP contribution in [0, 0.1) is 0 Å². The molecule has 0 aliphatic carbocycles. The second kappa shape index (κ2) is 5.96. The van der Waals surface area contributed by atoms with E-state index in [0.717, 1.165) is 25.7 Å². The molecule has 0 aliphatic heterocycles. The fraction of sp³-hybridized carbons (Fsp3) is 0.400. The Balaban J connectivity index is 2.17. The number of nitrogens with one attached hydrogen (secondary N) is 1. The molecule has 0 radical (unpaired) electrons. The number of rotatable bonds is 7. The minimum atomic E-state index is 0.705. The van der Waals surface area contributed by atoms with Crippen molar-refractivity contribution < 1.29 is 9.59 Å². The molecule has 0 saturated heterocycles. The smallest absolute Gasteiger partial charge is 0.207 e. The maximum absolute atomic E-state index is 10.4. The second-order valence-electron chi connectivity index (χ2n) is 3.08. The molecule has 1 heterocycles. The Morgan fingerprint density at radius 2 is 2.21 bits per heavy atom. The molecule has 0 aromatic carbocycles. The minimum Gasteiger partial charge on any atom is -0.359 e. The van der Waals surface area contributed by atoms with Gasteiger partial charge in [0.25, 0.3) is 0 Å². The van der Waals surface area contributed by atoms with Crippen molar-refractivity contribution in [3.8, 4) is 0 Å². The summed E-state index contributed by atoms with van der Waals surface area (Å²) in [5, 5.41) is 2.60. The molecule has 1 rings (SSSR count). The molecule has 1 N–H and O–H groups in total. The number of amides is 1. The van der Waals surface area contributed by atoms with E-state index in [9.17, 15) is 9.59 Å². The van der Waals surface area contributed by atoms with E-state index in [-0.39, 0.29) is 0 Å². The SMILES string of the molecule is O=CNCCCCn1ccc(C=O)c1. The van der Waals surface area contributed by atoms with Crippen molar-refractivity contribution in [2.45, 2.75) is 19.4 Å². The summed E-state index contributed by atoms with van der Waals surface area (Å²) < 4.78 is 1.98. The standard InChI is InChI=1S/C10H14N2O2/c13-8-10-3-6-12(7-10)5-2-1-4-11-9-14/h3,6-9H,1-2,4-5H2,(H,11,14). The van der Waals surface area contributed by atoms with Gasteiger partial charge in [0.1, 0.15) is 0 Å². The van der Waals surface area contributed by atoms with Crippen LogP contribution in [0.3, 0.4) is 0 Å². The fourth-order valence-corrected chi connectivity index (χ4v) is 1.25. The van der Waals surface area contributed by atoms with Gasteiger partial charge in [-0.1, -0.05) is 0 Å². The number of carbonyl (C=O) groups excluding carboxylic acids is 2. The summed E-state index contributed by atoms with van der Waals surface area (Å²) in [5.41, 5.74) is 0.705. The Morgan fingerprint density at radius 1 is 1.36 bits per heavy atom. The molecular formula is C10H14N2O2. The zero-order chi connectivity index (χ0) is 10.2. The Hall–Kier alpha value is -1.58. The monoisotopic (exact) mass is 194 g/mol. The third-order valence-electron chi connectivity index (χ3n) is 1.98. The number of nitrogens with zero attached hydrogens (tertiary/aromatic N) is 1. The van der Waals surface area contributed by atoms with Crippen molar-refractivity contribution in [2.75, 3.05) is 6.54 Å². The zero-order valence-electron chi connectivity index (χ0n) is 7.98. The van der Waals surface area contributed by atoms with Gasteiger partial charge in [0.05, 0.1) is 0 Å². The summed E-state index contributed by atoms with van der Waals surface area (Å²) in [7, 11) is 0. The van der Waals surface area contributed by atoms with Crippen LogP contribution in [0.5, 0.6) is 0 Å². The molecule has 1 aromatic heterocycles. The maximum atomic E-state index is 10.4. The molecule has 1 amide bonds.